The quantitative estimate of drug-likeness (QED) is 0.350. The van der Waals surface area contributed by atoms with Crippen molar-refractivity contribution in [3.8, 4) is 17.2 Å². The van der Waals surface area contributed by atoms with Crippen LogP contribution in [0.15, 0.2) is 72.9 Å². The van der Waals surface area contributed by atoms with Crippen LogP contribution in [0.4, 0.5) is 10.5 Å². The molecule has 2 amide bonds. The molecule has 0 aliphatic rings. The van der Waals surface area contributed by atoms with E-state index in [4.69, 9.17) is 14.2 Å². The Balaban J connectivity index is 1.55. The first-order chi connectivity index (χ1) is 16.1. The maximum Gasteiger partial charge on any atom is 0.319 e. The number of aromatic amines is 1. The number of para-hydroxylation sites is 1. The molecule has 0 unspecified atom stereocenters. The van der Waals surface area contributed by atoms with Crippen LogP contribution in [-0.4, -0.2) is 38.9 Å². The van der Waals surface area contributed by atoms with Crippen LogP contribution >= 0.6 is 0 Å². The Hall–Kier alpha value is -4.13. The molecule has 0 fully saturated rings. The van der Waals surface area contributed by atoms with E-state index in [0.29, 0.717) is 29.5 Å². The van der Waals surface area contributed by atoms with Crippen LogP contribution in [0.5, 0.6) is 17.2 Å². The Kier molecular flexibility index (Phi) is 6.69. The van der Waals surface area contributed by atoms with E-state index in [9.17, 15) is 4.79 Å². The van der Waals surface area contributed by atoms with E-state index < -0.39 is 0 Å². The first-order valence-electron chi connectivity index (χ1n) is 10.6. The molecule has 7 nitrogen and oxygen atoms in total. The summed E-state index contributed by atoms with van der Waals surface area (Å²) < 4.78 is 16.1. The number of hydrogen-bond acceptors (Lipinski definition) is 4. The molecule has 0 bridgehead atoms. The average molecular weight is 446 g/mol. The molecule has 33 heavy (non-hydrogen) atoms. The van der Waals surface area contributed by atoms with Gasteiger partial charge in [0.1, 0.15) is 0 Å². The summed E-state index contributed by atoms with van der Waals surface area (Å²) in [5, 5.41) is 7.01. The average Bonchev–Trinajstić information content (AvgIpc) is 3.28. The minimum atomic E-state index is -0.329. The van der Waals surface area contributed by atoms with Crippen molar-refractivity contribution in [1.82, 2.24) is 10.3 Å². The van der Waals surface area contributed by atoms with E-state index in [1.807, 2.05) is 42.6 Å². The van der Waals surface area contributed by atoms with E-state index >= 15 is 0 Å². The van der Waals surface area contributed by atoms with Crippen molar-refractivity contribution in [2.45, 2.75) is 5.92 Å². The highest BCUT2D eigenvalue weighted by Gasteiger charge is 2.20. The van der Waals surface area contributed by atoms with Gasteiger partial charge in [0, 0.05) is 41.7 Å². The number of hydrogen-bond donors (Lipinski definition) is 3. The number of carbonyl (C=O) groups is 1. The van der Waals surface area contributed by atoms with Gasteiger partial charge in [0.15, 0.2) is 11.5 Å². The lowest BCUT2D eigenvalue weighted by molar-refractivity contribution is 0.252. The van der Waals surface area contributed by atoms with E-state index in [1.165, 1.54) is 21.3 Å². The predicted molar refractivity (Wildman–Crippen MR) is 130 cm³/mol. The number of benzene rings is 3. The van der Waals surface area contributed by atoms with Crippen molar-refractivity contribution in [3.63, 3.8) is 0 Å². The number of rotatable bonds is 8. The molecular weight excluding hydrogens is 418 g/mol. The topological polar surface area (TPSA) is 84.6 Å². The van der Waals surface area contributed by atoms with Crippen molar-refractivity contribution in [3.05, 3.63) is 84.1 Å². The van der Waals surface area contributed by atoms with Gasteiger partial charge in [-0.3, -0.25) is 0 Å². The SMILES string of the molecule is COc1cc(NC(=O)NC[C@H](c2ccccc2)c2c[nH]c3ccccc23)cc(OC)c1OC. The lowest BCUT2D eigenvalue weighted by atomic mass is 9.91. The summed E-state index contributed by atoms with van der Waals surface area (Å²) in [6.07, 6.45) is 2.01. The van der Waals surface area contributed by atoms with Crippen molar-refractivity contribution in [2.24, 2.45) is 0 Å². The minimum absolute atomic E-state index is 0.0203. The normalized spacial score (nSPS) is 11.6. The van der Waals surface area contributed by atoms with Gasteiger partial charge in [0.2, 0.25) is 5.75 Å². The Morgan fingerprint density at radius 2 is 1.58 bits per heavy atom. The number of anilines is 1. The van der Waals surface area contributed by atoms with Crippen molar-refractivity contribution in [1.29, 1.82) is 0 Å². The van der Waals surface area contributed by atoms with Gasteiger partial charge in [-0.1, -0.05) is 48.5 Å². The summed E-state index contributed by atoms with van der Waals surface area (Å²) in [5.41, 5.74) is 3.85. The highest BCUT2D eigenvalue weighted by Crippen LogP contribution is 2.40. The van der Waals surface area contributed by atoms with Crippen molar-refractivity contribution >= 4 is 22.6 Å². The number of ether oxygens (including phenoxy) is 3. The number of H-pyrrole nitrogens is 1. The molecule has 3 N–H and O–H groups in total. The smallest absolute Gasteiger partial charge is 0.319 e. The monoisotopic (exact) mass is 445 g/mol. The molecule has 0 radical (unpaired) electrons. The maximum absolute atomic E-state index is 12.8. The van der Waals surface area contributed by atoms with Crippen molar-refractivity contribution in [2.75, 3.05) is 33.2 Å². The largest absolute Gasteiger partial charge is 0.493 e. The second-order valence-electron chi connectivity index (χ2n) is 7.50. The first-order valence-corrected chi connectivity index (χ1v) is 10.6. The van der Waals surface area contributed by atoms with E-state index in [-0.39, 0.29) is 11.9 Å². The number of carbonyl (C=O) groups excluding carboxylic acids is 1. The Morgan fingerprint density at radius 3 is 2.24 bits per heavy atom. The highest BCUT2D eigenvalue weighted by molar-refractivity contribution is 5.90. The molecule has 7 heteroatoms. The molecule has 0 saturated carbocycles. The summed E-state index contributed by atoms with van der Waals surface area (Å²) >= 11 is 0. The second-order valence-corrected chi connectivity index (χ2v) is 7.50. The standard InChI is InChI=1S/C26H27N3O4/c1-31-23-13-18(14-24(32-2)25(23)33-3)29-26(30)28-15-20(17-9-5-4-6-10-17)21-16-27-22-12-8-7-11-19(21)22/h4-14,16,20,27H,15H2,1-3H3,(H2,28,29,30)/t20-/m1/s1. The zero-order chi connectivity index (χ0) is 23.2. The van der Waals surface area contributed by atoms with Crippen LogP contribution in [0.3, 0.4) is 0 Å². The number of amides is 2. The Labute approximate surface area is 192 Å². The number of nitrogens with one attached hydrogen (secondary N) is 3. The maximum atomic E-state index is 12.8. The zero-order valence-electron chi connectivity index (χ0n) is 18.8. The Bertz CT molecular complexity index is 1210. The molecule has 1 heterocycles. The van der Waals surface area contributed by atoms with Crippen molar-refractivity contribution < 1.29 is 19.0 Å². The molecule has 0 saturated heterocycles. The summed E-state index contributed by atoms with van der Waals surface area (Å²) in [6, 6.07) is 21.4. The van der Waals surface area contributed by atoms with E-state index in [0.717, 1.165) is 22.0 Å². The van der Waals surface area contributed by atoms with Crippen LogP contribution in [0.1, 0.15) is 17.0 Å². The van der Waals surface area contributed by atoms with Crippen LogP contribution in [-0.2, 0) is 0 Å². The second kappa shape index (κ2) is 9.99. The number of urea groups is 1. The number of aromatic nitrogens is 1. The van der Waals surface area contributed by atoms with Gasteiger partial charge >= 0.3 is 6.03 Å². The summed E-state index contributed by atoms with van der Waals surface area (Å²) in [7, 11) is 4.61. The molecular formula is C26H27N3O4. The molecule has 1 atom stereocenters. The lowest BCUT2D eigenvalue weighted by Gasteiger charge is -2.19. The fourth-order valence-electron chi connectivity index (χ4n) is 4.00. The molecule has 1 aromatic heterocycles. The summed E-state index contributed by atoms with van der Waals surface area (Å²) in [4.78, 5) is 16.1. The zero-order valence-corrected chi connectivity index (χ0v) is 18.8. The molecule has 3 aromatic carbocycles. The summed E-state index contributed by atoms with van der Waals surface area (Å²) in [5.74, 6) is 1.38. The van der Waals surface area contributed by atoms with Gasteiger partial charge in [-0.25, -0.2) is 4.79 Å². The van der Waals surface area contributed by atoms with Crippen LogP contribution in [0.25, 0.3) is 10.9 Å². The third kappa shape index (κ3) is 4.72. The van der Waals surface area contributed by atoms with Gasteiger partial charge in [0.05, 0.1) is 27.0 Å². The van der Waals surface area contributed by atoms with Gasteiger partial charge in [-0.05, 0) is 17.2 Å². The van der Waals surface area contributed by atoms with Gasteiger partial charge in [0.25, 0.3) is 0 Å². The molecule has 0 aliphatic carbocycles. The lowest BCUT2D eigenvalue weighted by Crippen LogP contribution is -2.32. The van der Waals surface area contributed by atoms with Gasteiger partial charge in [-0.15, -0.1) is 0 Å². The third-order valence-corrected chi connectivity index (χ3v) is 5.59. The number of methoxy groups -OCH3 is 3. The van der Waals surface area contributed by atoms with Crippen LogP contribution in [0, 0.1) is 0 Å². The van der Waals surface area contributed by atoms with E-state index in [2.05, 4.69) is 33.8 Å². The number of fused-ring (bicyclic) bond motifs is 1. The Morgan fingerprint density at radius 1 is 0.909 bits per heavy atom. The predicted octanol–water partition coefficient (Wildman–Crippen LogP) is 5.15. The van der Waals surface area contributed by atoms with Crippen LogP contribution in [0.2, 0.25) is 0 Å². The van der Waals surface area contributed by atoms with Crippen LogP contribution < -0.4 is 24.8 Å². The molecule has 170 valence electrons. The fourth-order valence-corrected chi connectivity index (χ4v) is 4.00. The van der Waals surface area contributed by atoms with Gasteiger partial charge in [-0.2, -0.15) is 0 Å². The molecule has 4 rings (SSSR count). The highest BCUT2D eigenvalue weighted by atomic mass is 16.5. The molecule has 4 aromatic rings. The van der Waals surface area contributed by atoms with Gasteiger partial charge < -0.3 is 29.8 Å². The first kappa shape index (κ1) is 22.1. The summed E-state index contributed by atoms with van der Waals surface area (Å²) in [6.45, 7) is 0.419. The van der Waals surface area contributed by atoms with E-state index in [1.54, 1.807) is 12.1 Å². The third-order valence-electron chi connectivity index (χ3n) is 5.59. The fraction of sp³-hybridized carbons (Fsp3) is 0.192. The molecule has 0 aliphatic heterocycles. The minimum Gasteiger partial charge on any atom is -0.493 e. The molecule has 0 spiro atoms.